The largest absolute Gasteiger partial charge is 0.293 e. The van der Waals surface area contributed by atoms with Crippen molar-refractivity contribution < 1.29 is 13.4 Å². The number of benzene rings is 1. The summed E-state index contributed by atoms with van der Waals surface area (Å²) in [5.41, 5.74) is -0.877. The predicted octanol–water partition coefficient (Wildman–Crippen LogP) is 2.69. The Hall–Kier alpha value is -0.780. The fraction of sp³-hybridized carbons (Fsp3) is 0.364. The molecule has 3 nitrogen and oxygen atoms in total. The first kappa shape index (κ1) is 14.3. The molecule has 0 amide bonds. The van der Waals surface area contributed by atoms with Crippen molar-refractivity contribution >= 4 is 28.4 Å². The number of carbonyl (C=O) groups is 1. The molecule has 0 aromatic heterocycles. The van der Waals surface area contributed by atoms with Crippen molar-refractivity contribution in [1.82, 2.24) is 0 Å². The molecular formula is C11H13ClFNO2S. The van der Waals surface area contributed by atoms with Crippen LogP contribution in [0.15, 0.2) is 17.0 Å². The average Bonchev–Trinajstić information content (AvgIpc) is 2.14. The van der Waals surface area contributed by atoms with E-state index in [2.05, 4.69) is 0 Å². The second-order valence-corrected chi connectivity index (χ2v) is 6.08. The molecule has 0 aliphatic heterocycles. The van der Waals surface area contributed by atoms with Gasteiger partial charge < -0.3 is 0 Å². The maximum Gasteiger partial charge on any atom is 0.171 e. The first-order valence-electron chi connectivity index (χ1n) is 4.84. The molecule has 0 bridgehead atoms. The second-order valence-electron chi connectivity index (χ2n) is 4.64. The van der Waals surface area contributed by atoms with E-state index in [4.69, 9.17) is 16.7 Å². The van der Waals surface area contributed by atoms with E-state index in [1.54, 1.807) is 20.8 Å². The van der Waals surface area contributed by atoms with Crippen molar-refractivity contribution in [3.8, 4) is 0 Å². The van der Waals surface area contributed by atoms with E-state index in [1.165, 1.54) is 0 Å². The number of Topliss-reactive ketones (excluding diaryl/α,β-unsaturated/α-hetero) is 1. The van der Waals surface area contributed by atoms with Gasteiger partial charge in [0.2, 0.25) is 0 Å². The van der Waals surface area contributed by atoms with Gasteiger partial charge in [0.15, 0.2) is 5.78 Å². The van der Waals surface area contributed by atoms with Crippen LogP contribution in [-0.4, -0.2) is 9.99 Å². The number of halogens is 2. The zero-order chi connectivity index (χ0) is 13.4. The van der Waals surface area contributed by atoms with Crippen LogP contribution in [0.2, 0.25) is 5.02 Å². The van der Waals surface area contributed by atoms with Gasteiger partial charge in [0.25, 0.3) is 0 Å². The molecule has 1 unspecified atom stereocenters. The van der Waals surface area contributed by atoms with Gasteiger partial charge in [-0.3, -0.25) is 4.79 Å². The molecule has 0 aliphatic rings. The number of rotatable bonds is 2. The van der Waals surface area contributed by atoms with Gasteiger partial charge in [0.05, 0.1) is 15.5 Å². The molecule has 2 N–H and O–H groups in total. The van der Waals surface area contributed by atoms with Crippen LogP contribution < -0.4 is 5.14 Å². The number of ketones is 1. The third-order valence-corrected chi connectivity index (χ3v) is 3.36. The van der Waals surface area contributed by atoms with Crippen molar-refractivity contribution in [3.05, 3.63) is 28.5 Å². The summed E-state index contributed by atoms with van der Waals surface area (Å²) in [4.78, 5) is 12.0. The van der Waals surface area contributed by atoms with Gasteiger partial charge >= 0.3 is 0 Å². The fourth-order valence-electron chi connectivity index (χ4n) is 1.26. The van der Waals surface area contributed by atoms with Crippen molar-refractivity contribution in [2.24, 2.45) is 10.6 Å². The standard InChI is InChI=1S/C11H13ClFNO2S/c1-11(2,3)10(15)6-4-9(17(14)16)7(12)5-8(6)13/h4-5H,14H2,1-3H3. The van der Waals surface area contributed by atoms with Gasteiger partial charge in [0, 0.05) is 5.41 Å². The Balaban J connectivity index is 3.40. The third kappa shape index (κ3) is 3.12. The predicted molar refractivity (Wildman–Crippen MR) is 65.8 cm³/mol. The highest BCUT2D eigenvalue weighted by Gasteiger charge is 2.27. The zero-order valence-electron chi connectivity index (χ0n) is 9.71. The van der Waals surface area contributed by atoms with E-state index < -0.39 is 28.0 Å². The summed E-state index contributed by atoms with van der Waals surface area (Å²) in [6.45, 7) is 5.01. The third-order valence-electron chi connectivity index (χ3n) is 2.16. The molecular weight excluding hydrogens is 265 g/mol. The van der Waals surface area contributed by atoms with Gasteiger partial charge in [0.1, 0.15) is 16.8 Å². The number of nitrogens with two attached hydrogens (primary N) is 1. The molecule has 0 fully saturated rings. The minimum Gasteiger partial charge on any atom is -0.293 e. The van der Waals surface area contributed by atoms with Crippen LogP contribution in [0.5, 0.6) is 0 Å². The Labute approximate surface area is 107 Å². The highest BCUT2D eigenvalue weighted by Crippen LogP contribution is 2.27. The number of hydrogen-bond donors (Lipinski definition) is 1. The van der Waals surface area contributed by atoms with Gasteiger partial charge in [-0.1, -0.05) is 32.4 Å². The lowest BCUT2D eigenvalue weighted by Gasteiger charge is -2.17. The van der Waals surface area contributed by atoms with Crippen molar-refractivity contribution in [2.75, 3.05) is 0 Å². The highest BCUT2D eigenvalue weighted by atomic mass is 35.5. The van der Waals surface area contributed by atoms with Crippen LogP contribution in [0.25, 0.3) is 0 Å². The molecule has 94 valence electrons. The van der Waals surface area contributed by atoms with Gasteiger partial charge in [-0.2, -0.15) is 0 Å². The molecule has 0 aliphatic carbocycles. The molecule has 6 heteroatoms. The summed E-state index contributed by atoms with van der Waals surface area (Å²) in [7, 11) is -1.85. The molecule has 0 saturated heterocycles. The van der Waals surface area contributed by atoms with E-state index >= 15 is 0 Å². The minimum atomic E-state index is -1.85. The second kappa shape index (κ2) is 4.84. The molecule has 0 spiro atoms. The molecule has 1 aromatic rings. The zero-order valence-corrected chi connectivity index (χ0v) is 11.3. The first-order valence-corrected chi connectivity index (χ1v) is 6.43. The monoisotopic (exact) mass is 277 g/mol. The van der Waals surface area contributed by atoms with E-state index in [1.807, 2.05) is 0 Å². The van der Waals surface area contributed by atoms with Crippen LogP contribution in [0.3, 0.4) is 0 Å². The minimum absolute atomic E-state index is 0.0474. The normalized spacial score (nSPS) is 13.5. The van der Waals surface area contributed by atoms with E-state index in [0.717, 1.165) is 12.1 Å². The summed E-state index contributed by atoms with van der Waals surface area (Å²) >= 11 is 5.69. The van der Waals surface area contributed by atoms with Crippen molar-refractivity contribution in [1.29, 1.82) is 0 Å². The van der Waals surface area contributed by atoms with Gasteiger partial charge in [-0.05, 0) is 12.1 Å². The first-order chi connectivity index (χ1) is 7.64. The van der Waals surface area contributed by atoms with Crippen LogP contribution in [0, 0.1) is 11.2 Å². The quantitative estimate of drug-likeness (QED) is 0.845. The molecule has 1 aromatic carbocycles. The number of carbonyl (C=O) groups excluding carboxylic acids is 1. The van der Waals surface area contributed by atoms with Crippen LogP contribution in [0.1, 0.15) is 31.1 Å². The highest BCUT2D eigenvalue weighted by molar-refractivity contribution is 7.82. The van der Waals surface area contributed by atoms with Crippen LogP contribution in [0.4, 0.5) is 4.39 Å². The fourth-order valence-corrected chi connectivity index (χ4v) is 2.12. The Morgan fingerprint density at radius 2 is 1.94 bits per heavy atom. The Bertz CT molecular complexity index is 497. The molecule has 1 atom stereocenters. The van der Waals surface area contributed by atoms with Crippen LogP contribution in [-0.2, 0) is 11.0 Å². The van der Waals surface area contributed by atoms with Crippen molar-refractivity contribution in [2.45, 2.75) is 25.7 Å². The molecule has 0 radical (unpaired) electrons. The summed E-state index contributed by atoms with van der Waals surface area (Å²) in [5, 5.41) is 5.15. The van der Waals surface area contributed by atoms with E-state index in [-0.39, 0.29) is 15.5 Å². The summed E-state index contributed by atoms with van der Waals surface area (Å²) in [5.74, 6) is -1.12. The van der Waals surface area contributed by atoms with Crippen LogP contribution >= 0.6 is 11.6 Å². The lowest BCUT2D eigenvalue weighted by Crippen LogP contribution is -2.22. The summed E-state index contributed by atoms with van der Waals surface area (Å²) in [6.07, 6.45) is 0. The average molecular weight is 278 g/mol. The number of hydrogen-bond acceptors (Lipinski definition) is 2. The molecule has 0 saturated carbocycles. The summed E-state index contributed by atoms with van der Waals surface area (Å²) in [6, 6.07) is 2.11. The summed E-state index contributed by atoms with van der Waals surface area (Å²) < 4.78 is 24.8. The molecule has 1 rings (SSSR count). The Morgan fingerprint density at radius 1 is 1.41 bits per heavy atom. The molecule has 0 heterocycles. The van der Waals surface area contributed by atoms with Gasteiger partial charge in [-0.25, -0.2) is 13.7 Å². The SMILES string of the molecule is CC(C)(C)C(=O)c1cc(S(N)=O)c(Cl)cc1F. The lowest BCUT2D eigenvalue weighted by molar-refractivity contribution is 0.0853. The maximum atomic E-state index is 13.6. The molecule has 17 heavy (non-hydrogen) atoms. The maximum absolute atomic E-state index is 13.6. The Morgan fingerprint density at radius 3 is 2.35 bits per heavy atom. The smallest absolute Gasteiger partial charge is 0.171 e. The topological polar surface area (TPSA) is 60.2 Å². The van der Waals surface area contributed by atoms with Crippen molar-refractivity contribution in [3.63, 3.8) is 0 Å². The van der Waals surface area contributed by atoms with E-state index in [9.17, 15) is 13.4 Å². The van der Waals surface area contributed by atoms with Gasteiger partial charge in [-0.15, -0.1) is 0 Å². The van der Waals surface area contributed by atoms with E-state index in [0.29, 0.717) is 0 Å². The lowest BCUT2D eigenvalue weighted by atomic mass is 9.86. The Kier molecular flexibility index (Phi) is 4.06.